The van der Waals surface area contributed by atoms with Crippen LogP contribution < -0.4 is 10.9 Å². The molecule has 2 N–H and O–H groups in total. The van der Waals surface area contributed by atoms with Crippen molar-refractivity contribution in [1.82, 2.24) is 30.6 Å². The predicted octanol–water partition coefficient (Wildman–Crippen LogP) is 1.23. The van der Waals surface area contributed by atoms with Gasteiger partial charge in [0.15, 0.2) is 5.69 Å². The lowest BCUT2D eigenvalue weighted by atomic mass is 10.2. The molecule has 0 saturated carbocycles. The molecular formula is C18H16N6O2. The van der Waals surface area contributed by atoms with Crippen LogP contribution in [0, 0.1) is 0 Å². The average molecular weight is 348 g/mol. The second kappa shape index (κ2) is 6.75. The van der Waals surface area contributed by atoms with E-state index in [0.29, 0.717) is 5.69 Å². The van der Waals surface area contributed by atoms with Crippen LogP contribution in [0.2, 0.25) is 0 Å². The second-order valence-electron chi connectivity index (χ2n) is 5.87. The lowest BCUT2D eigenvalue weighted by Gasteiger charge is -2.06. The maximum Gasteiger partial charge on any atom is 0.290 e. The Morgan fingerprint density at radius 2 is 1.81 bits per heavy atom. The fourth-order valence-electron chi connectivity index (χ4n) is 3.06. The maximum atomic E-state index is 12.5. The molecule has 1 aromatic carbocycles. The number of hydrogen-bond donors (Lipinski definition) is 2. The van der Waals surface area contributed by atoms with Gasteiger partial charge in [0.2, 0.25) is 0 Å². The number of nitrogens with one attached hydrogen (secondary N) is 2. The highest BCUT2D eigenvalue weighted by Gasteiger charge is 2.27. The van der Waals surface area contributed by atoms with Crippen LogP contribution >= 0.6 is 0 Å². The van der Waals surface area contributed by atoms with Crippen LogP contribution in [-0.4, -0.2) is 31.6 Å². The van der Waals surface area contributed by atoms with Crippen LogP contribution in [0.3, 0.4) is 0 Å². The minimum atomic E-state index is -0.536. The van der Waals surface area contributed by atoms with Gasteiger partial charge < -0.3 is 0 Å². The Hall–Kier alpha value is -3.55. The summed E-state index contributed by atoms with van der Waals surface area (Å²) < 4.78 is 1.81. The van der Waals surface area contributed by atoms with Crippen LogP contribution in [0.25, 0.3) is 5.69 Å². The number of nitrogens with zero attached hydrogens (tertiary/aromatic N) is 4. The average Bonchev–Trinajstić information content (AvgIpc) is 3.30. The monoisotopic (exact) mass is 348 g/mol. The van der Waals surface area contributed by atoms with E-state index in [0.717, 1.165) is 36.2 Å². The van der Waals surface area contributed by atoms with Gasteiger partial charge in [-0.2, -0.15) is 5.10 Å². The standard InChI is InChI=1S/C18H16N6O2/c25-17(14-11-19-9-10-20-14)21-22-18(26)16-13-7-4-8-15(13)24(23-16)12-5-2-1-3-6-12/h1-3,5-6,9-11H,4,7-8H2,(H,21,25)(H,22,26). The van der Waals surface area contributed by atoms with Crippen LogP contribution in [0.1, 0.15) is 38.7 Å². The molecule has 130 valence electrons. The highest BCUT2D eigenvalue weighted by atomic mass is 16.2. The number of hydrazine groups is 1. The van der Waals surface area contributed by atoms with E-state index in [-0.39, 0.29) is 5.69 Å². The van der Waals surface area contributed by atoms with Crippen molar-refractivity contribution in [3.05, 3.63) is 71.6 Å². The summed E-state index contributed by atoms with van der Waals surface area (Å²) in [5.74, 6) is -0.986. The Morgan fingerprint density at radius 3 is 2.58 bits per heavy atom. The van der Waals surface area contributed by atoms with Crippen molar-refractivity contribution in [1.29, 1.82) is 0 Å². The highest BCUT2D eigenvalue weighted by Crippen LogP contribution is 2.27. The molecule has 1 aliphatic carbocycles. The van der Waals surface area contributed by atoms with E-state index in [4.69, 9.17) is 0 Å². The third kappa shape index (κ3) is 2.92. The van der Waals surface area contributed by atoms with Crippen molar-refractivity contribution < 1.29 is 9.59 Å². The number of rotatable bonds is 3. The number of fused-ring (bicyclic) bond motifs is 1. The quantitative estimate of drug-likeness (QED) is 0.693. The molecule has 8 nitrogen and oxygen atoms in total. The van der Waals surface area contributed by atoms with Gasteiger partial charge in [-0.1, -0.05) is 18.2 Å². The van der Waals surface area contributed by atoms with E-state index in [1.54, 1.807) is 0 Å². The summed E-state index contributed by atoms with van der Waals surface area (Å²) in [6, 6.07) is 9.69. The van der Waals surface area contributed by atoms with Crippen molar-refractivity contribution in [3.8, 4) is 5.69 Å². The summed E-state index contributed by atoms with van der Waals surface area (Å²) in [4.78, 5) is 32.2. The molecule has 2 amide bonds. The first-order chi connectivity index (χ1) is 12.7. The van der Waals surface area contributed by atoms with Gasteiger partial charge in [-0.3, -0.25) is 25.4 Å². The fraction of sp³-hybridized carbons (Fsp3) is 0.167. The fourth-order valence-corrected chi connectivity index (χ4v) is 3.06. The molecule has 1 aliphatic rings. The van der Waals surface area contributed by atoms with E-state index in [9.17, 15) is 9.59 Å². The Bertz CT molecular complexity index is 953. The molecule has 2 aromatic heterocycles. The molecule has 0 fully saturated rings. The molecular weight excluding hydrogens is 332 g/mol. The van der Waals surface area contributed by atoms with Crippen molar-refractivity contribution in [2.24, 2.45) is 0 Å². The number of benzene rings is 1. The summed E-state index contributed by atoms with van der Waals surface area (Å²) >= 11 is 0. The van der Waals surface area contributed by atoms with E-state index in [1.807, 2.05) is 35.0 Å². The minimum absolute atomic E-state index is 0.118. The third-order valence-electron chi connectivity index (χ3n) is 4.23. The second-order valence-corrected chi connectivity index (χ2v) is 5.87. The molecule has 4 rings (SSSR count). The number of carbonyl (C=O) groups is 2. The number of para-hydroxylation sites is 1. The number of hydrogen-bond acceptors (Lipinski definition) is 5. The number of amides is 2. The first-order valence-corrected chi connectivity index (χ1v) is 8.27. The lowest BCUT2D eigenvalue weighted by Crippen LogP contribution is -2.42. The van der Waals surface area contributed by atoms with Gasteiger partial charge in [0, 0.05) is 23.7 Å². The SMILES string of the molecule is O=C(NNC(=O)c1nn(-c2ccccc2)c2c1CCC2)c1cnccn1. The topological polar surface area (TPSA) is 102 Å². The van der Waals surface area contributed by atoms with Crippen molar-refractivity contribution in [2.75, 3.05) is 0 Å². The molecule has 0 atom stereocenters. The molecule has 26 heavy (non-hydrogen) atoms. The van der Waals surface area contributed by atoms with Gasteiger partial charge in [0.25, 0.3) is 11.8 Å². The van der Waals surface area contributed by atoms with Gasteiger partial charge in [-0.05, 0) is 31.4 Å². The Kier molecular flexibility index (Phi) is 4.14. The van der Waals surface area contributed by atoms with Crippen LogP contribution in [-0.2, 0) is 12.8 Å². The molecule has 3 aromatic rings. The number of aromatic nitrogens is 4. The molecule has 0 bridgehead atoms. The molecule has 8 heteroatoms. The molecule has 0 aliphatic heterocycles. The van der Waals surface area contributed by atoms with Crippen LogP contribution in [0.15, 0.2) is 48.9 Å². The number of carbonyl (C=O) groups excluding carboxylic acids is 2. The lowest BCUT2D eigenvalue weighted by molar-refractivity contribution is 0.0840. The summed E-state index contributed by atoms with van der Waals surface area (Å²) in [7, 11) is 0. The molecule has 2 heterocycles. The summed E-state index contributed by atoms with van der Waals surface area (Å²) in [6.45, 7) is 0. The normalized spacial score (nSPS) is 12.5. The van der Waals surface area contributed by atoms with Gasteiger partial charge in [-0.25, -0.2) is 9.67 Å². The van der Waals surface area contributed by atoms with Gasteiger partial charge in [0.1, 0.15) is 5.69 Å². The van der Waals surface area contributed by atoms with Gasteiger partial charge in [0.05, 0.1) is 11.9 Å². The first-order valence-electron chi connectivity index (χ1n) is 8.27. The zero-order valence-electron chi connectivity index (χ0n) is 13.8. The maximum absolute atomic E-state index is 12.5. The van der Waals surface area contributed by atoms with Gasteiger partial charge >= 0.3 is 0 Å². The van der Waals surface area contributed by atoms with Crippen molar-refractivity contribution >= 4 is 11.8 Å². The molecule has 0 unspecified atom stereocenters. The van der Waals surface area contributed by atoms with Crippen LogP contribution in [0.4, 0.5) is 0 Å². The van der Waals surface area contributed by atoms with Crippen LogP contribution in [0.5, 0.6) is 0 Å². The van der Waals surface area contributed by atoms with E-state index < -0.39 is 11.8 Å². The predicted molar refractivity (Wildman–Crippen MR) is 92.6 cm³/mol. The minimum Gasteiger partial charge on any atom is -0.266 e. The van der Waals surface area contributed by atoms with Crippen molar-refractivity contribution in [2.45, 2.75) is 19.3 Å². The molecule has 0 spiro atoms. The van der Waals surface area contributed by atoms with E-state index in [1.165, 1.54) is 18.6 Å². The summed E-state index contributed by atoms with van der Waals surface area (Å²) in [5, 5.41) is 4.48. The highest BCUT2D eigenvalue weighted by molar-refractivity contribution is 5.98. The zero-order chi connectivity index (χ0) is 17.9. The van der Waals surface area contributed by atoms with Gasteiger partial charge in [-0.15, -0.1) is 0 Å². The molecule has 0 saturated heterocycles. The zero-order valence-corrected chi connectivity index (χ0v) is 13.8. The summed E-state index contributed by atoms with van der Waals surface area (Å²) in [5.41, 5.74) is 8.09. The smallest absolute Gasteiger partial charge is 0.266 e. The largest absolute Gasteiger partial charge is 0.290 e. The Morgan fingerprint density at radius 1 is 1.00 bits per heavy atom. The Balaban J connectivity index is 1.55. The Labute approximate surface area is 149 Å². The first kappa shape index (κ1) is 15.9. The summed E-state index contributed by atoms with van der Waals surface area (Å²) in [6.07, 6.45) is 6.84. The van der Waals surface area contributed by atoms with E-state index >= 15 is 0 Å². The van der Waals surface area contributed by atoms with E-state index in [2.05, 4.69) is 25.9 Å². The molecule has 0 radical (unpaired) electrons. The van der Waals surface area contributed by atoms with Crippen molar-refractivity contribution in [3.63, 3.8) is 0 Å². The third-order valence-corrected chi connectivity index (χ3v) is 4.23.